The highest BCUT2D eigenvalue weighted by molar-refractivity contribution is 5.81. The van der Waals surface area contributed by atoms with Crippen molar-refractivity contribution in [2.24, 2.45) is 0 Å². The fourth-order valence-electron chi connectivity index (χ4n) is 2.21. The Kier molecular flexibility index (Phi) is 11.6. The SMILES string of the molecule is C=CC(=O)OCCCCCCCCCCCOC(F)(C(F)(F)F)C(F)(F)F. The minimum absolute atomic E-state index is 0.0908. The molecule has 27 heavy (non-hydrogen) atoms. The normalized spacial score (nSPS) is 12.9. The van der Waals surface area contributed by atoms with E-state index in [1.54, 1.807) is 0 Å². The summed E-state index contributed by atoms with van der Waals surface area (Å²) >= 11 is 0. The summed E-state index contributed by atoms with van der Waals surface area (Å²) in [5.74, 6) is -6.09. The number of alkyl halides is 7. The van der Waals surface area contributed by atoms with Gasteiger partial charge in [0.1, 0.15) is 0 Å². The maximum Gasteiger partial charge on any atom is 0.458 e. The van der Waals surface area contributed by atoms with E-state index < -0.39 is 30.8 Å². The van der Waals surface area contributed by atoms with Crippen molar-refractivity contribution in [3.8, 4) is 0 Å². The van der Waals surface area contributed by atoms with Gasteiger partial charge >= 0.3 is 24.2 Å². The van der Waals surface area contributed by atoms with Crippen LogP contribution in [0.3, 0.4) is 0 Å². The van der Waals surface area contributed by atoms with Gasteiger partial charge in [-0.15, -0.1) is 0 Å². The van der Waals surface area contributed by atoms with Gasteiger partial charge in [-0.3, -0.25) is 0 Å². The second-order valence-electron chi connectivity index (χ2n) is 5.99. The predicted octanol–water partition coefficient (Wildman–Crippen LogP) is 6.03. The van der Waals surface area contributed by atoms with Crippen LogP contribution in [0.4, 0.5) is 30.7 Å². The second-order valence-corrected chi connectivity index (χ2v) is 5.99. The van der Waals surface area contributed by atoms with Gasteiger partial charge in [-0.1, -0.05) is 51.5 Å². The van der Waals surface area contributed by atoms with Gasteiger partial charge in [0.2, 0.25) is 0 Å². The molecule has 0 amide bonds. The maximum atomic E-state index is 13.2. The lowest BCUT2D eigenvalue weighted by atomic mass is 10.1. The van der Waals surface area contributed by atoms with Crippen LogP contribution in [0.1, 0.15) is 57.8 Å². The first-order valence-electron chi connectivity index (χ1n) is 8.71. The number of ether oxygens (including phenoxy) is 2. The summed E-state index contributed by atoms with van der Waals surface area (Å²) < 4.78 is 94.9. The minimum atomic E-state index is -6.17. The molecular formula is C17H25F7O3. The van der Waals surface area contributed by atoms with Crippen LogP contribution >= 0.6 is 0 Å². The summed E-state index contributed by atoms with van der Waals surface area (Å²) in [6, 6.07) is 0. The van der Waals surface area contributed by atoms with Gasteiger partial charge in [-0.2, -0.15) is 30.7 Å². The van der Waals surface area contributed by atoms with E-state index in [9.17, 15) is 35.5 Å². The molecule has 0 saturated carbocycles. The van der Waals surface area contributed by atoms with Gasteiger partial charge in [0.05, 0.1) is 13.2 Å². The van der Waals surface area contributed by atoms with Crippen LogP contribution in [-0.4, -0.2) is 37.4 Å². The zero-order chi connectivity index (χ0) is 21.0. The fourth-order valence-corrected chi connectivity index (χ4v) is 2.21. The van der Waals surface area contributed by atoms with Crippen molar-refractivity contribution < 1.29 is 45.0 Å². The fraction of sp³-hybridized carbons (Fsp3) is 0.824. The molecule has 0 heterocycles. The smallest absolute Gasteiger partial charge is 0.458 e. The highest BCUT2D eigenvalue weighted by atomic mass is 19.4. The Morgan fingerprint density at radius 3 is 1.44 bits per heavy atom. The third-order valence-electron chi connectivity index (χ3n) is 3.73. The molecule has 0 aliphatic heterocycles. The van der Waals surface area contributed by atoms with Crippen molar-refractivity contribution in [3.63, 3.8) is 0 Å². The Balaban J connectivity index is 3.67. The van der Waals surface area contributed by atoms with Gasteiger partial charge in [0, 0.05) is 6.08 Å². The van der Waals surface area contributed by atoms with Gasteiger partial charge in [0.15, 0.2) is 0 Å². The van der Waals surface area contributed by atoms with E-state index in [0.717, 1.165) is 44.6 Å². The summed E-state index contributed by atoms with van der Waals surface area (Å²) in [7, 11) is 0. The maximum absolute atomic E-state index is 13.2. The largest absolute Gasteiger partial charge is 0.463 e. The molecule has 0 saturated heterocycles. The molecule has 0 fully saturated rings. The molecule has 10 heteroatoms. The van der Waals surface area contributed by atoms with E-state index >= 15 is 0 Å². The molecule has 0 N–H and O–H groups in total. The summed E-state index contributed by atoms with van der Waals surface area (Å²) in [6.45, 7) is 2.64. The van der Waals surface area contributed by atoms with Crippen molar-refractivity contribution in [2.75, 3.05) is 13.2 Å². The highest BCUT2D eigenvalue weighted by Crippen LogP contribution is 2.46. The molecule has 160 valence electrons. The first-order valence-corrected chi connectivity index (χ1v) is 8.71. The quantitative estimate of drug-likeness (QED) is 0.152. The number of carbonyl (C=O) groups excluding carboxylic acids is 1. The van der Waals surface area contributed by atoms with E-state index in [4.69, 9.17) is 4.74 Å². The minimum Gasteiger partial charge on any atom is -0.463 e. The molecule has 0 aliphatic carbocycles. The Bertz CT molecular complexity index is 419. The first-order chi connectivity index (χ1) is 12.5. The average Bonchev–Trinajstić information content (AvgIpc) is 2.56. The lowest BCUT2D eigenvalue weighted by Gasteiger charge is -2.29. The number of carbonyl (C=O) groups is 1. The third kappa shape index (κ3) is 9.97. The van der Waals surface area contributed by atoms with Crippen LogP contribution in [0.15, 0.2) is 12.7 Å². The molecule has 0 radical (unpaired) electrons. The van der Waals surface area contributed by atoms with E-state index in [-0.39, 0.29) is 6.42 Å². The van der Waals surface area contributed by atoms with Crippen molar-refractivity contribution >= 4 is 5.97 Å². The van der Waals surface area contributed by atoms with E-state index in [1.807, 2.05) is 0 Å². The van der Waals surface area contributed by atoms with Crippen LogP contribution in [0, 0.1) is 0 Å². The number of halogens is 7. The highest BCUT2D eigenvalue weighted by Gasteiger charge is 2.74. The number of unbranched alkanes of at least 4 members (excludes halogenated alkanes) is 8. The molecule has 0 spiro atoms. The van der Waals surface area contributed by atoms with Crippen molar-refractivity contribution in [3.05, 3.63) is 12.7 Å². The molecule has 0 atom stereocenters. The van der Waals surface area contributed by atoms with Gasteiger partial charge in [0.25, 0.3) is 0 Å². The standard InChI is InChI=1S/C17H25F7O3/c1-2-14(25)26-12-10-8-6-4-3-5-7-9-11-13-27-15(18,16(19,20)21)17(22,23)24/h2H,1,3-13H2. The number of hydrogen-bond donors (Lipinski definition) is 0. The Morgan fingerprint density at radius 1 is 0.704 bits per heavy atom. The molecule has 3 nitrogen and oxygen atoms in total. The lowest BCUT2D eigenvalue weighted by Crippen LogP contribution is -2.55. The summed E-state index contributed by atoms with van der Waals surface area (Å²) in [6.07, 6.45) is -5.29. The summed E-state index contributed by atoms with van der Waals surface area (Å²) in [5, 5.41) is 0. The van der Waals surface area contributed by atoms with Crippen LogP contribution < -0.4 is 0 Å². The molecule has 0 aromatic carbocycles. The molecular weight excluding hydrogens is 385 g/mol. The van der Waals surface area contributed by atoms with Crippen LogP contribution in [0.2, 0.25) is 0 Å². The molecule has 0 aromatic heterocycles. The number of rotatable bonds is 14. The topological polar surface area (TPSA) is 35.5 Å². The molecule has 0 aromatic rings. The van der Waals surface area contributed by atoms with Crippen LogP contribution in [0.25, 0.3) is 0 Å². The van der Waals surface area contributed by atoms with Crippen molar-refractivity contribution in [2.45, 2.75) is 76.0 Å². The van der Waals surface area contributed by atoms with E-state index in [2.05, 4.69) is 11.3 Å². The zero-order valence-corrected chi connectivity index (χ0v) is 14.9. The first kappa shape index (κ1) is 25.7. The van der Waals surface area contributed by atoms with Crippen LogP contribution in [0.5, 0.6) is 0 Å². The third-order valence-corrected chi connectivity index (χ3v) is 3.73. The summed E-state index contributed by atoms with van der Waals surface area (Å²) in [4.78, 5) is 10.8. The number of esters is 1. The second kappa shape index (κ2) is 12.2. The molecule has 0 aliphatic rings. The van der Waals surface area contributed by atoms with E-state index in [0.29, 0.717) is 19.4 Å². The monoisotopic (exact) mass is 410 g/mol. The van der Waals surface area contributed by atoms with Crippen LogP contribution in [-0.2, 0) is 14.3 Å². The predicted molar refractivity (Wildman–Crippen MR) is 84.6 cm³/mol. The number of hydrogen-bond acceptors (Lipinski definition) is 3. The Hall–Kier alpha value is -1.32. The van der Waals surface area contributed by atoms with Gasteiger partial charge < -0.3 is 9.47 Å². The Labute approximate surface area is 153 Å². The van der Waals surface area contributed by atoms with Crippen molar-refractivity contribution in [1.82, 2.24) is 0 Å². The van der Waals surface area contributed by atoms with Gasteiger partial charge in [-0.05, 0) is 12.8 Å². The Morgan fingerprint density at radius 2 is 1.07 bits per heavy atom. The lowest BCUT2D eigenvalue weighted by molar-refractivity contribution is -0.430. The molecule has 0 rings (SSSR count). The van der Waals surface area contributed by atoms with Crippen molar-refractivity contribution in [1.29, 1.82) is 0 Å². The summed E-state index contributed by atoms with van der Waals surface area (Å²) in [5.41, 5.74) is 0. The molecule has 0 unspecified atom stereocenters. The average molecular weight is 410 g/mol. The van der Waals surface area contributed by atoms with E-state index in [1.165, 1.54) is 0 Å². The zero-order valence-electron chi connectivity index (χ0n) is 14.9. The van der Waals surface area contributed by atoms with Gasteiger partial charge in [-0.25, -0.2) is 4.79 Å². The molecule has 0 bridgehead atoms.